The summed E-state index contributed by atoms with van der Waals surface area (Å²) < 4.78 is 26.2. The number of likely N-dealkylation sites (tertiary alicyclic amines) is 2. The van der Waals surface area contributed by atoms with E-state index in [9.17, 15) is 8.42 Å². The van der Waals surface area contributed by atoms with Crippen molar-refractivity contribution in [3.8, 4) is 0 Å². The summed E-state index contributed by atoms with van der Waals surface area (Å²) in [6.07, 6.45) is 11.0. The summed E-state index contributed by atoms with van der Waals surface area (Å²) in [6, 6.07) is 17.0. The fourth-order valence-electron chi connectivity index (χ4n) is 6.49. The van der Waals surface area contributed by atoms with Crippen LogP contribution < -0.4 is 0 Å². The number of sulfone groups is 1. The minimum absolute atomic E-state index is 0.252. The zero-order valence-electron chi connectivity index (χ0n) is 23.9. The van der Waals surface area contributed by atoms with Gasteiger partial charge in [0.2, 0.25) is 0 Å². The Balaban J connectivity index is 1.21. The zero-order valence-corrected chi connectivity index (χ0v) is 24.7. The van der Waals surface area contributed by atoms with Gasteiger partial charge in [-0.2, -0.15) is 0 Å². The van der Waals surface area contributed by atoms with Gasteiger partial charge in [-0.25, -0.2) is 8.42 Å². The lowest BCUT2D eigenvalue weighted by molar-refractivity contribution is 0.212. The number of aryl methyl sites for hydroxylation is 1. The predicted octanol–water partition coefficient (Wildman–Crippen LogP) is 7.05. The molecule has 210 valence electrons. The van der Waals surface area contributed by atoms with Crippen LogP contribution in [0, 0.1) is 0 Å². The Kier molecular flexibility index (Phi) is 11.3. The first kappa shape index (κ1) is 29.3. The van der Waals surface area contributed by atoms with Crippen LogP contribution in [0.25, 0.3) is 0 Å². The monoisotopic (exact) mass is 538 g/mol. The summed E-state index contributed by atoms with van der Waals surface area (Å²) in [5.74, 6) is 1.42. The zero-order chi connectivity index (χ0) is 26.8. The molecule has 2 aromatic rings. The van der Waals surface area contributed by atoms with Gasteiger partial charge in [0.05, 0.1) is 10.6 Å². The van der Waals surface area contributed by atoms with Crippen molar-refractivity contribution in [1.29, 1.82) is 0 Å². The standard InChI is InChI=1S/C33H50N2O2S/c1-3-19-34-21-15-29(16-22-34)31-12-8-11-28(26-31)10-6-5-7-25-38(36,37)33-14-9-13-32(27-33)30-17-23-35(20-4-2)24-18-30/h8-9,11-14,26-27,29-30H,3-7,10,15-25H2,1-2H3. The minimum Gasteiger partial charge on any atom is -0.303 e. The molecule has 2 aliphatic rings. The molecule has 2 aromatic carbocycles. The second-order valence-electron chi connectivity index (χ2n) is 11.7. The lowest BCUT2D eigenvalue weighted by Gasteiger charge is -2.32. The molecule has 38 heavy (non-hydrogen) atoms. The first-order chi connectivity index (χ1) is 18.5. The van der Waals surface area contributed by atoms with Crippen molar-refractivity contribution in [2.75, 3.05) is 45.0 Å². The largest absolute Gasteiger partial charge is 0.303 e. The number of hydrogen-bond donors (Lipinski definition) is 0. The molecule has 0 amide bonds. The molecular weight excluding hydrogens is 488 g/mol. The Hall–Kier alpha value is -1.69. The van der Waals surface area contributed by atoms with Crippen molar-refractivity contribution >= 4 is 9.84 Å². The molecule has 2 fully saturated rings. The molecule has 0 aromatic heterocycles. The van der Waals surface area contributed by atoms with Gasteiger partial charge in [-0.3, -0.25) is 0 Å². The average molecular weight is 539 g/mol. The molecule has 4 nitrogen and oxygen atoms in total. The second-order valence-corrected chi connectivity index (χ2v) is 13.8. The highest BCUT2D eigenvalue weighted by molar-refractivity contribution is 7.91. The van der Waals surface area contributed by atoms with E-state index in [1.54, 1.807) is 6.07 Å². The third-order valence-electron chi connectivity index (χ3n) is 8.74. The highest BCUT2D eigenvalue weighted by Gasteiger charge is 2.23. The van der Waals surface area contributed by atoms with Gasteiger partial charge in [0.1, 0.15) is 0 Å². The molecule has 0 radical (unpaired) electrons. The van der Waals surface area contributed by atoms with Crippen LogP contribution in [0.1, 0.15) is 100 Å². The van der Waals surface area contributed by atoms with Gasteiger partial charge in [-0.1, -0.05) is 56.7 Å². The van der Waals surface area contributed by atoms with Crippen molar-refractivity contribution in [3.63, 3.8) is 0 Å². The predicted molar refractivity (Wildman–Crippen MR) is 160 cm³/mol. The topological polar surface area (TPSA) is 40.6 Å². The molecule has 0 spiro atoms. The molecule has 0 bridgehead atoms. The first-order valence-electron chi connectivity index (χ1n) is 15.3. The highest BCUT2D eigenvalue weighted by Crippen LogP contribution is 2.31. The minimum atomic E-state index is -3.23. The summed E-state index contributed by atoms with van der Waals surface area (Å²) in [6.45, 7) is 11.6. The highest BCUT2D eigenvalue weighted by atomic mass is 32.2. The summed E-state index contributed by atoms with van der Waals surface area (Å²) in [5, 5.41) is 0. The number of rotatable bonds is 13. The van der Waals surface area contributed by atoms with Crippen LogP contribution in [0.15, 0.2) is 53.4 Å². The first-order valence-corrected chi connectivity index (χ1v) is 17.0. The Morgan fingerprint density at radius 1 is 0.711 bits per heavy atom. The van der Waals surface area contributed by atoms with E-state index in [1.165, 1.54) is 68.6 Å². The van der Waals surface area contributed by atoms with Gasteiger partial charge >= 0.3 is 0 Å². The molecule has 0 N–H and O–H groups in total. The van der Waals surface area contributed by atoms with Crippen LogP contribution in [-0.2, 0) is 16.3 Å². The van der Waals surface area contributed by atoms with E-state index in [-0.39, 0.29) is 5.75 Å². The molecule has 4 rings (SSSR count). The Morgan fingerprint density at radius 2 is 1.26 bits per heavy atom. The van der Waals surface area contributed by atoms with Crippen LogP contribution in [0.5, 0.6) is 0 Å². The van der Waals surface area contributed by atoms with Crippen LogP contribution in [0.2, 0.25) is 0 Å². The van der Waals surface area contributed by atoms with Crippen molar-refractivity contribution in [2.24, 2.45) is 0 Å². The van der Waals surface area contributed by atoms with E-state index in [1.807, 2.05) is 12.1 Å². The van der Waals surface area contributed by atoms with Gasteiger partial charge in [-0.05, 0) is 138 Å². The van der Waals surface area contributed by atoms with Gasteiger partial charge in [0.25, 0.3) is 0 Å². The van der Waals surface area contributed by atoms with Crippen molar-refractivity contribution in [1.82, 2.24) is 9.80 Å². The molecule has 5 heteroatoms. The van der Waals surface area contributed by atoms with Crippen molar-refractivity contribution < 1.29 is 8.42 Å². The van der Waals surface area contributed by atoms with Crippen molar-refractivity contribution in [3.05, 3.63) is 65.2 Å². The lowest BCUT2D eigenvalue weighted by atomic mass is 9.88. The van der Waals surface area contributed by atoms with E-state index >= 15 is 0 Å². The SMILES string of the molecule is CCCN1CCC(c2cccc(CCCCCS(=O)(=O)c3cccc(C4CCN(CCC)CC4)c3)c2)CC1. The second kappa shape index (κ2) is 14.6. The summed E-state index contributed by atoms with van der Waals surface area (Å²) in [7, 11) is -3.23. The molecule has 2 aliphatic heterocycles. The van der Waals surface area contributed by atoms with Crippen molar-refractivity contribution in [2.45, 2.75) is 94.8 Å². The lowest BCUT2D eigenvalue weighted by Crippen LogP contribution is -2.33. The van der Waals surface area contributed by atoms with Crippen LogP contribution >= 0.6 is 0 Å². The van der Waals surface area contributed by atoms with Crippen LogP contribution in [0.3, 0.4) is 0 Å². The Bertz CT molecular complexity index is 1080. The van der Waals surface area contributed by atoms with Crippen LogP contribution in [0.4, 0.5) is 0 Å². The quantitative estimate of drug-likeness (QED) is 0.256. The third-order valence-corrected chi connectivity index (χ3v) is 10.5. The van der Waals surface area contributed by atoms with Crippen LogP contribution in [-0.4, -0.2) is 63.2 Å². The van der Waals surface area contributed by atoms with Gasteiger partial charge < -0.3 is 9.80 Å². The summed E-state index contributed by atoms with van der Waals surface area (Å²) in [4.78, 5) is 5.65. The smallest absolute Gasteiger partial charge is 0.178 e. The molecule has 2 saturated heterocycles. The van der Waals surface area contributed by atoms with Gasteiger partial charge in [0, 0.05) is 0 Å². The number of unbranched alkanes of at least 4 members (excludes halogenated alkanes) is 2. The molecular formula is C33H50N2O2S. The maximum Gasteiger partial charge on any atom is 0.178 e. The van der Waals surface area contributed by atoms with Gasteiger partial charge in [0.15, 0.2) is 9.84 Å². The average Bonchev–Trinajstić information content (AvgIpc) is 2.94. The van der Waals surface area contributed by atoms with E-state index in [0.717, 1.165) is 51.6 Å². The Labute approximate surface area is 232 Å². The maximum atomic E-state index is 13.1. The number of hydrogen-bond acceptors (Lipinski definition) is 4. The number of benzene rings is 2. The molecule has 0 unspecified atom stereocenters. The normalized spacial score (nSPS) is 18.7. The summed E-state index contributed by atoms with van der Waals surface area (Å²) in [5.41, 5.74) is 4.11. The third kappa shape index (κ3) is 8.40. The number of piperidine rings is 2. The molecule has 0 saturated carbocycles. The van der Waals surface area contributed by atoms with E-state index < -0.39 is 9.84 Å². The Morgan fingerprint density at radius 3 is 1.84 bits per heavy atom. The summed E-state index contributed by atoms with van der Waals surface area (Å²) >= 11 is 0. The van der Waals surface area contributed by atoms with E-state index in [4.69, 9.17) is 0 Å². The fourth-order valence-corrected chi connectivity index (χ4v) is 7.91. The maximum absolute atomic E-state index is 13.1. The van der Waals surface area contributed by atoms with Gasteiger partial charge in [-0.15, -0.1) is 0 Å². The van der Waals surface area contributed by atoms with E-state index in [2.05, 4.69) is 54.0 Å². The molecule has 0 aliphatic carbocycles. The molecule has 0 atom stereocenters. The molecule has 2 heterocycles. The number of nitrogens with zero attached hydrogens (tertiary/aromatic N) is 2. The fraction of sp³-hybridized carbons (Fsp3) is 0.636. The van der Waals surface area contributed by atoms with E-state index in [0.29, 0.717) is 16.7 Å².